The number of nitrogens with zero attached hydrogens (tertiary/aromatic N) is 3. The molecule has 0 aromatic carbocycles. The maximum Gasteiger partial charge on any atom is 0.317 e. The van der Waals surface area contributed by atoms with Crippen molar-refractivity contribution in [3.05, 3.63) is 18.0 Å². The molecular weight excluding hydrogens is 254 g/mol. The van der Waals surface area contributed by atoms with E-state index in [9.17, 15) is 4.79 Å². The van der Waals surface area contributed by atoms with Crippen molar-refractivity contribution < 1.29 is 9.90 Å². The second-order valence-electron chi connectivity index (χ2n) is 5.32. The van der Waals surface area contributed by atoms with E-state index in [4.69, 9.17) is 11.5 Å². The van der Waals surface area contributed by atoms with Crippen LogP contribution in [0.1, 0.15) is 43.8 Å². The summed E-state index contributed by atoms with van der Waals surface area (Å²) in [7, 11) is 0. The Labute approximate surface area is 119 Å². The quantitative estimate of drug-likeness (QED) is 0.806. The molecular formula is C15H21N3O2. The molecule has 1 aromatic heterocycles. The van der Waals surface area contributed by atoms with Gasteiger partial charge < -0.3 is 5.11 Å². The van der Waals surface area contributed by atoms with E-state index in [1.165, 1.54) is 32.1 Å². The Morgan fingerprint density at radius 3 is 2.90 bits per heavy atom. The molecule has 0 radical (unpaired) electrons. The van der Waals surface area contributed by atoms with E-state index in [1.54, 1.807) is 4.90 Å². The highest BCUT2D eigenvalue weighted by atomic mass is 16.4. The first kappa shape index (κ1) is 14.6. The Morgan fingerprint density at radius 1 is 1.50 bits per heavy atom. The van der Waals surface area contributed by atoms with Crippen LogP contribution in [0.3, 0.4) is 0 Å². The Hall–Kier alpha value is -1.80. The van der Waals surface area contributed by atoms with Crippen LogP contribution in [0.2, 0.25) is 0 Å². The number of aliphatic carboxylic acids is 1. The van der Waals surface area contributed by atoms with Crippen LogP contribution in [0.25, 0.3) is 0 Å². The molecule has 1 aliphatic carbocycles. The number of hydrogen-bond donors (Lipinski definition) is 1. The van der Waals surface area contributed by atoms with Crippen molar-refractivity contribution in [3.8, 4) is 12.3 Å². The standard InChI is InChI=1S/C15H21N3O2/c1-2-9-17(12-15(19)20)11-13-8-10-18(16-13)14-6-4-3-5-7-14/h1,8,10,14H,3-7,9,11-12H2,(H,19,20). The van der Waals surface area contributed by atoms with E-state index >= 15 is 0 Å². The molecule has 0 spiro atoms. The van der Waals surface area contributed by atoms with Gasteiger partial charge in [-0.1, -0.05) is 25.2 Å². The van der Waals surface area contributed by atoms with Gasteiger partial charge in [-0.25, -0.2) is 0 Å². The van der Waals surface area contributed by atoms with Gasteiger partial charge in [-0.15, -0.1) is 6.42 Å². The van der Waals surface area contributed by atoms with Gasteiger partial charge in [0, 0.05) is 12.7 Å². The molecule has 1 heterocycles. The van der Waals surface area contributed by atoms with Crippen LogP contribution in [0.5, 0.6) is 0 Å². The summed E-state index contributed by atoms with van der Waals surface area (Å²) in [5.41, 5.74) is 0.882. The third kappa shape index (κ3) is 4.10. The molecule has 1 aromatic rings. The summed E-state index contributed by atoms with van der Waals surface area (Å²) < 4.78 is 2.03. The van der Waals surface area contributed by atoms with Crippen LogP contribution in [0, 0.1) is 12.3 Å². The van der Waals surface area contributed by atoms with Crippen LogP contribution in [0.15, 0.2) is 12.3 Å². The number of rotatable bonds is 6. The molecule has 1 aliphatic rings. The van der Waals surface area contributed by atoms with Crippen molar-refractivity contribution in [1.82, 2.24) is 14.7 Å². The fourth-order valence-corrected chi connectivity index (χ4v) is 2.73. The summed E-state index contributed by atoms with van der Waals surface area (Å²) in [6, 6.07) is 2.46. The number of aromatic nitrogens is 2. The van der Waals surface area contributed by atoms with Crippen molar-refractivity contribution in [1.29, 1.82) is 0 Å². The fraction of sp³-hybridized carbons (Fsp3) is 0.600. The molecule has 108 valence electrons. The van der Waals surface area contributed by atoms with Gasteiger partial charge in [0.15, 0.2) is 0 Å². The van der Waals surface area contributed by atoms with Crippen molar-refractivity contribution >= 4 is 5.97 Å². The van der Waals surface area contributed by atoms with E-state index in [-0.39, 0.29) is 6.54 Å². The second kappa shape index (κ2) is 7.11. The molecule has 1 saturated carbocycles. The summed E-state index contributed by atoms with van der Waals surface area (Å²) in [6.07, 6.45) is 13.5. The van der Waals surface area contributed by atoms with E-state index in [1.807, 2.05) is 16.9 Å². The summed E-state index contributed by atoms with van der Waals surface area (Å²) in [5.74, 6) is 1.62. The number of hydrogen-bond acceptors (Lipinski definition) is 3. The minimum absolute atomic E-state index is 0.0551. The van der Waals surface area contributed by atoms with Crippen molar-refractivity contribution in [3.63, 3.8) is 0 Å². The molecule has 1 fully saturated rings. The zero-order valence-electron chi connectivity index (χ0n) is 11.7. The minimum atomic E-state index is -0.869. The third-order valence-corrected chi connectivity index (χ3v) is 3.67. The molecule has 5 heteroatoms. The maximum absolute atomic E-state index is 10.8. The van der Waals surface area contributed by atoms with Crippen molar-refractivity contribution in [2.24, 2.45) is 0 Å². The van der Waals surface area contributed by atoms with E-state index in [2.05, 4.69) is 11.0 Å². The van der Waals surface area contributed by atoms with Crippen LogP contribution in [0.4, 0.5) is 0 Å². The first-order valence-corrected chi connectivity index (χ1v) is 7.10. The molecule has 0 aliphatic heterocycles. The smallest absolute Gasteiger partial charge is 0.317 e. The molecule has 20 heavy (non-hydrogen) atoms. The van der Waals surface area contributed by atoms with E-state index < -0.39 is 5.97 Å². The highest BCUT2D eigenvalue weighted by molar-refractivity contribution is 5.69. The van der Waals surface area contributed by atoms with Gasteiger partial charge in [0.1, 0.15) is 0 Å². The van der Waals surface area contributed by atoms with Crippen LogP contribution >= 0.6 is 0 Å². The van der Waals surface area contributed by atoms with E-state index in [0.717, 1.165) is 5.69 Å². The molecule has 0 saturated heterocycles. The lowest BCUT2D eigenvalue weighted by Crippen LogP contribution is -2.30. The van der Waals surface area contributed by atoms with Crippen molar-refractivity contribution in [2.45, 2.75) is 44.7 Å². The Morgan fingerprint density at radius 2 is 2.25 bits per heavy atom. The lowest BCUT2D eigenvalue weighted by atomic mass is 9.96. The number of carboxylic acid groups (broad SMARTS) is 1. The monoisotopic (exact) mass is 275 g/mol. The van der Waals surface area contributed by atoms with Gasteiger partial charge in [0.2, 0.25) is 0 Å². The average Bonchev–Trinajstić information content (AvgIpc) is 2.88. The third-order valence-electron chi connectivity index (χ3n) is 3.67. The second-order valence-corrected chi connectivity index (χ2v) is 5.32. The number of carbonyl (C=O) groups is 1. The summed E-state index contributed by atoms with van der Waals surface area (Å²) in [6.45, 7) is 0.749. The predicted molar refractivity (Wildman–Crippen MR) is 76.1 cm³/mol. The zero-order valence-corrected chi connectivity index (χ0v) is 11.7. The lowest BCUT2D eigenvalue weighted by Gasteiger charge is -2.22. The first-order chi connectivity index (χ1) is 9.69. The molecule has 0 bridgehead atoms. The highest BCUT2D eigenvalue weighted by Gasteiger charge is 2.17. The highest BCUT2D eigenvalue weighted by Crippen LogP contribution is 2.27. The van der Waals surface area contributed by atoms with Gasteiger partial charge in [-0.2, -0.15) is 5.10 Å². The Bertz CT molecular complexity index is 484. The van der Waals surface area contributed by atoms with Gasteiger partial charge >= 0.3 is 5.97 Å². The Balaban J connectivity index is 1.96. The molecule has 2 rings (SSSR count). The molecule has 0 amide bonds. The maximum atomic E-state index is 10.8. The fourth-order valence-electron chi connectivity index (χ4n) is 2.73. The summed E-state index contributed by atoms with van der Waals surface area (Å²) in [5, 5.41) is 13.4. The SMILES string of the molecule is C#CCN(CC(=O)O)Cc1ccn(C2CCCCC2)n1. The normalized spacial score (nSPS) is 16.2. The largest absolute Gasteiger partial charge is 0.480 e. The summed E-state index contributed by atoms with van der Waals surface area (Å²) >= 11 is 0. The van der Waals surface area contributed by atoms with Crippen molar-refractivity contribution in [2.75, 3.05) is 13.1 Å². The summed E-state index contributed by atoms with van der Waals surface area (Å²) in [4.78, 5) is 12.5. The van der Waals surface area contributed by atoms with Crippen LogP contribution in [-0.2, 0) is 11.3 Å². The van der Waals surface area contributed by atoms with Crippen LogP contribution in [-0.4, -0.2) is 38.8 Å². The molecule has 1 N–H and O–H groups in total. The first-order valence-electron chi connectivity index (χ1n) is 7.10. The average molecular weight is 275 g/mol. The van der Waals surface area contributed by atoms with Gasteiger partial charge in [0.25, 0.3) is 0 Å². The molecule has 0 atom stereocenters. The van der Waals surface area contributed by atoms with Gasteiger partial charge in [-0.05, 0) is 18.9 Å². The number of carboxylic acids is 1. The molecule has 5 nitrogen and oxygen atoms in total. The van der Waals surface area contributed by atoms with Crippen LogP contribution < -0.4 is 0 Å². The number of terminal acetylenes is 1. The molecule has 0 unspecified atom stereocenters. The Kier molecular flexibility index (Phi) is 5.19. The lowest BCUT2D eigenvalue weighted by molar-refractivity contribution is -0.138. The topological polar surface area (TPSA) is 58.4 Å². The zero-order chi connectivity index (χ0) is 14.4. The van der Waals surface area contributed by atoms with Gasteiger partial charge in [0.05, 0.1) is 24.8 Å². The van der Waals surface area contributed by atoms with E-state index in [0.29, 0.717) is 19.1 Å². The predicted octanol–water partition coefficient (Wildman–Crippen LogP) is 1.91. The minimum Gasteiger partial charge on any atom is -0.480 e. The van der Waals surface area contributed by atoms with Gasteiger partial charge in [-0.3, -0.25) is 14.4 Å².